The van der Waals surface area contributed by atoms with Gasteiger partial charge in [-0.15, -0.1) is 11.3 Å². The number of carbonyl (C=O) groups is 1. The summed E-state index contributed by atoms with van der Waals surface area (Å²) in [5.41, 5.74) is 2.05. The highest BCUT2D eigenvalue weighted by Crippen LogP contribution is 2.38. The zero-order chi connectivity index (χ0) is 19.4. The number of aliphatic carboxylic acids is 1. The Kier molecular flexibility index (Phi) is 5.98. The molecule has 0 amide bonds. The van der Waals surface area contributed by atoms with Crippen molar-refractivity contribution in [3.63, 3.8) is 0 Å². The molecule has 2 aromatic carbocycles. The molecule has 0 spiro atoms. The number of methoxy groups -OCH3 is 1. The van der Waals surface area contributed by atoms with Crippen molar-refractivity contribution in [3.05, 3.63) is 52.0 Å². The van der Waals surface area contributed by atoms with E-state index in [0.29, 0.717) is 39.3 Å². The summed E-state index contributed by atoms with van der Waals surface area (Å²) in [5.74, 6) is -0.238. The van der Waals surface area contributed by atoms with E-state index in [2.05, 4.69) is 4.98 Å². The summed E-state index contributed by atoms with van der Waals surface area (Å²) in [6.45, 7) is 2.31. The second kappa shape index (κ2) is 8.41. The Labute approximate surface area is 165 Å². The van der Waals surface area contributed by atoms with Crippen LogP contribution in [-0.2, 0) is 4.79 Å². The van der Waals surface area contributed by atoms with Crippen molar-refractivity contribution in [3.8, 4) is 11.5 Å². The van der Waals surface area contributed by atoms with Gasteiger partial charge in [-0.1, -0.05) is 23.7 Å². The van der Waals surface area contributed by atoms with Crippen LogP contribution in [0, 0.1) is 0 Å². The fraction of sp³-hybridized carbons (Fsp3) is 0.200. The molecule has 0 saturated heterocycles. The monoisotopic (exact) mass is 402 g/mol. The first-order chi connectivity index (χ1) is 13.0. The van der Waals surface area contributed by atoms with Crippen molar-refractivity contribution >= 4 is 50.8 Å². The molecule has 0 unspecified atom stereocenters. The van der Waals surface area contributed by atoms with Gasteiger partial charge in [0.05, 0.1) is 29.0 Å². The average Bonchev–Trinajstić information content (AvgIpc) is 3.07. The Morgan fingerprint density at radius 1 is 1.33 bits per heavy atom. The highest BCUT2D eigenvalue weighted by atomic mass is 35.5. The normalized spacial score (nSPS) is 11.6. The molecule has 0 fully saturated rings. The molecule has 0 N–H and O–H groups in total. The number of benzene rings is 2. The van der Waals surface area contributed by atoms with Gasteiger partial charge in [-0.25, -0.2) is 4.98 Å². The van der Waals surface area contributed by atoms with Crippen molar-refractivity contribution in [1.82, 2.24) is 4.98 Å². The van der Waals surface area contributed by atoms with E-state index < -0.39 is 5.97 Å². The number of carboxylic acid groups (broad SMARTS) is 1. The van der Waals surface area contributed by atoms with E-state index in [4.69, 9.17) is 21.1 Å². The van der Waals surface area contributed by atoms with Crippen LogP contribution < -0.4 is 14.6 Å². The van der Waals surface area contributed by atoms with E-state index in [-0.39, 0.29) is 6.42 Å². The molecule has 0 atom stereocenters. The number of carbonyl (C=O) groups excluding carboxylic acids is 1. The predicted molar refractivity (Wildman–Crippen MR) is 106 cm³/mol. The highest BCUT2D eigenvalue weighted by molar-refractivity contribution is 7.19. The average molecular weight is 403 g/mol. The number of hydrogen-bond donors (Lipinski definition) is 0. The topological polar surface area (TPSA) is 71.5 Å². The van der Waals surface area contributed by atoms with Gasteiger partial charge in [0.25, 0.3) is 0 Å². The minimum atomic E-state index is -1.18. The molecular formula is C20H17ClNO4S-. The summed E-state index contributed by atoms with van der Waals surface area (Å²) in [4.78, 5) is 15.8. The van der Waals surface area contributed by atoms with Gasteiger partial charge >= 0.3 is 0 Å². The predicted octanol–water partition coefficient (Wildman–Crippen LogP) is 4.04. The van der Waals surface area contributed by atoms with Crippen molar-refractivity contribution in [2.75, 3.05) is 13.7 Å². The summed E-state index contributed by atoms with van der Waals surface area (Å²) in [7, 11) is 1.53. The number of nitrogens with zero attached hydrogens (tertiary/aromatic N) is 1. The van der Waals surface area contributed by atoms with Crippen LogP contribution in [0.2, 0.25) is 5.02 Å². The third-order valence-electron chi connectivity index (χ3n) is 3.78. The maximum atomic E-state index is 11.3. The van der Waals surface area contributed by atoms with Crippen LogP contribution in [0.4, 0.5) is 0 Å². The van der Waals surface area contributed by atoms with Crippen LogP contribution >= 0.6 is 22.9 Å². The fourth-order valence-corrected chi connectivity index (χ4v) is 3.92. The third-order valence-corrected chi connectivity index (χ3v) is 5.18. The summed E-state index contributed by atoms with van der Waals surface area (Å²) in [5, 5.41) is 12.3. The number of carboxylic acids is 1. The number of ether oxygens (including phenoxy) is 2. The third kappa shape index (κ3) is 4.40. The maximum Gasteiger partial charge on any atom is 0.179 e. The second-order valence-corrected chi connectivity index (χ2v) is 7.11. The molecule has 140 valence electrons. The number of thiazole rings is 1. The van der Waals surface area contributed by atoms with Crippen LogP contribution in [0.5, 0.6) is 11.5 Å². The summed E-state index contributed by atoms with van der Waals surface area (Å²) in [6, 6.07) is 11.1. The zero-order valence-electron chi connectivity index (χ0n) is 14.8. The van der Waals surface area contributed by atoms with E-state index in [1.165, 1.54) is 18.4 Å². The van der Waals surface area contributed by atoms with E-state index in [9.17, 15) is 9.90 Å². The van der Waals surface area contributed by atoms with Crippen molar-refractivity contribution in [1.29, 1.82) is 0 Å². The number of aromatic nitrogens is 1. The zero-order valence-corrected chi connectivity index (χ0v) is 16.4. The molecule has 0 radical (unpaired) electrons. The second-order valence-electron chi connectivity index (χ2n) is 5.67. The maximum absolute atomic E-state index is 11.3. The summed E-state index contributed by atoms with van der Waals surface area (Å²) < 4.78 is 11.9. The number of para-hydroxylation sites is 1. The number of rotatable bonds is 7. The molecule has 27 heavy (non-hydrogen) atoms. The van der Waals surface area contributed by atoms with Crippen LogP contribution in [0.3, 0.4) is 0 Å². The van der Waals surface area contributed by atoms with Gasteiger partial charge in [-0.3, -0.25) is 0 Å². The molecule has 0 saturated carbocycles. The van der Waals surface area contributed by atoms with Gasteiger partial charge in [0.1, 0.15) is 5.01 Å². The minimum absolute atomic E-state index is 0.257. The quantitative estimate of drug-likeness (QED) is 0.596. The molecular weight excluding hydrogens is 386 g/mol. The first-order valence-electron chi connectivity index (χ1n) is 8.28. The Morgan fingerprint density at radius 3 is 2.78 bits per heavy atom. The Balaban J connectivity index is 2.08. The Hall–Kier alpha value is -2.57. The minimum Gasteiger partial charge on any atom is -0.550 e. The van der Waals surface area contributed by atoms with E-state index in [1.807, 2.05) is 31.2 Å². The summed E-state index contributed by atoms with van der Waals surface area (Å²) in [6.07, 6.45) is 1.48. The lowest BCUT2D eigenvalue weighted by atomic mass is 10.1. The SMILES string of the molecule is CCOc1c(Cl)cc(/C=C(\CC(=O)[O-])c2nc3ccccc3s2)cc1OC. The number of fused-ring (bicyclic) bond motifs is 1. The van der Waals surface area contributed by atoms with Crippen LogP contribution in [0.25, 0.3) is 21.9 Å². The van der Waals surface area contributed by atoms with Crippen molar-refractivity contribution in [2.24, 2.45) is 0 Å². The van der Waals surface area contributed by atoms with Gasteiger partial charge in [0.15, 0.2) is 11.5 Å². The lowest BCUT2D eigenvalue weighted by Crippen LogP contribution is -2.22. The fourth-order valence-electron chi connectivity index (χ4n) is 2.66. The molecule has 0 aliphatic carbocycles. The summed E-state index contributed by atoms with van der Waals surface area (Å²) >= 11 is 7.75. The molecule has 3 aromatic rings. The molecule has 5 nitrogen and oxygen atoms in total. The first kappa shape index (κ1) is 19.2. The number of halogens is 1. The molecule has 0 aliphatic heterocycles. The van der Waals surface area contributed by atoms with E-state index in [1.54, 1.807) is 18.2 Å². The Morgan fingerprint density at radius 2 is 2.11 bits per heavy atom. The van der Waals surface area contributed by atoms with Crippen molar-refractivity contribution < 1.29 is 19.4 Å². The van der Waals surface area contributed by atoms with Gasteiger partial charge in [0.2, 0.25) is 0 Å². The standard InChI is InChI=1S/C20H18ClNO4S/c1-3-26-19-14(21)9-12(10-16(19)25-2)8-13(11-18(23)24)20-22-15-6-4-5-7-17(15)27-20/h4-10H,3,11H2,1-2H3,(H,23,24)/p-1/b13-8+. The first-order valence-corrected chi connectivity index (χ1v) is 9.48. The highest BCUT2D eigenvalue weighted by Gasteiger charge is 2.14. The smallest absolute Gasteiger partial charge is 0.179 e. The van der Waals surface area contributed by atoms with Crippen molar-refractivity contribution in [2.45, 2.75) is 13.3 Å². The van der Waals surface area contributed by atoms with E-state index >= 15 is 0 Å². The molecule has 0 aliphatic rings. The van der Waals surface area contributed by atoms with Crippen LogP contribution in [-0.4, -0.2) is 24.7 Å². The van der Waals surface area contributed by atoms with Gasteiger partial charge < -0.3 is 19.4 Å². The molecule has 3 rings (SSSR count). The van der Waals surface area contributed by atoms with Gasteiger partial charge in [0, 0.05) is 12.4 Å². The molecule has 7 heteroatoms. The van der Waals surface area contributed by atoms with E-state index in [0.717, 1.165) is 10.2 Å². The van der Waals surface area contributed by atoms with Crippen LogP contribution in [0.1, 0.15) is 23.9 Å². The van der Waals surface area contributed by atoms with Gasteiger partial charge in [-0.2, -0.15) is 0 Å². The lowest BCUT2D eigenvalue weighted by Gasteiger charge is -2.13. The van der Waals surface area contributed by atoms with Crippen LogP contribution in [0.15, 0.2) is 36.4 Å². The molecule has 1 heterocycles. The lowest BCUT2D eigenvalue weighted by molar-refractivity contribution is -0.304. The molecule has 0 bridgehead atoms. The molecule has 1 aromatic heterocycles. The Bertz CT molecular complexity index is 979. The number of hydrogen-bond acceptors (Lipinski definition) is 6. The van der Waals surface area contributed by atoms with Gasteiger partial charge in [-0.05, 0) is 48.4 Å². The largest absolute Gasteiger partial charge is 0.550 e.